The number of aliphatic hydroxyl groups excluding tert-OH is 3. The molecular formula is C15H32NaO5. The van der Waals surface area contributed by atoms with Crippen LogP contribution in [0.2, 0.25) is 0 Å². The van der Waals surface area contributed by atoms with Crippen molar-refractivity contribution in [1.29, 1.82) is 0 Å². The maximum absolute atomic E-state index is 10.2. The molecule has 0 aliphatic carbocycles. The summed E-state index contributed by atoms with van der Waals surface area (Å²) in [6.07, 6.45) is 10.5. The summed E-state index contributed by atoms with van der Waals surface area (Å²) in [5.74, 6) is -0.659. The number of hydrogen-bond acceptors (Lipinski definition) is 4. The number of carbonyl (C=O) groups is 1. The van der Waals surface area contributed by atoms with E-state index >= 15 is 0 Å². The minimum absolute atomic E-state index is 0. The largest absolute Gasteiger partial charge is 0.481 e. The minimum atomic E-state index is -0.954. The summed E-state index contributed by atoms with van der Waals surface area (Å²) in [4.78, 5) is 10.2. The molecule has 0 atom stereocenters. The third-order valence-electron chi connectivity index (χ3n) is 2.92. The summed E-state index contributed by atoms with van der Waals surface area (Å²) in [5.41, 5.74) is 0. The SMILES string of the molecule is CCCCCCCCCCCC(=O)O.OCC(O)CO.[Na]. The van der Waals surface area contributed by atoms with Crippen LogP contribution in [0, 0.1) is 0 Å². The molecule has 0 aliphatic heterocycles. The van der Waals surface area contributed by atoms with E-state index < -0.39 is 12.1 Å². The van der Waals surface area contributed by atoms with Crippen LogP contribution < -0.4 is 0 Å². The Morgan fingerprint density at radius 1 is 0.857 bits per heavy atom. The third kappa shape index (κ3) is 29.1. The quantitative estimate of drug-likeness (QED) is 0.326. The van der Waals surface area contributed by atoms with E-state index in [0.717, 1.165) is 12.8 Å². The van der Waals surface area contributed by atoms with Gasteiger partial charge in [-0.25, -0.2) is 0 Å². The van der Waals surface area contributed by atoms with E-state index in [4.69, 9.17) is 20.4 Å². The smallest absolute Gasteiger partial charge is 0.303 e. The van der Waals surface area contributed by atoms with Gasteiger partial charge in [0.05, 0.1) is 13.2 Å². The van der Waals surface area contributed by atoms with Gasteiger partial charge >= 0.3 is 5.97 Å². The predicted octanol–water partition coefficient (Wildman–Crippen LogP) is 1.94. The van der Waals surface area contributed by atoms with E-state index in [1.807, 2.05) is 0 Å². The molecule has 0 aromatic rings. The van der Waals surface area contributed by atoms with E-state index in [0.29, 0.717) is 6.42 Å². The normalized spacial score (nSPS) is 9.76. The van der Waals surface area contributed by atoms with Gasteiger partial charge in [-0.1, -0.05) is 58.3 Å². The van der Waals surface area contributed by atoms with Gasteiger partial charge in [0.15, 0.2) is 0 Å². The maximum atomic E-state index is 10.2. The van der Waals surface area contributed by atoms with Gasteiger partial charge in [-0.05, 0) is 6.42 Å². The fraction of sp³-hybridized carbons (Fsp3) is 0.933. The van der Waals surface area contributed by atoms with Gasteiger partial charge in [0.2, 0.25) is 0 Å². The van der Waals surface area contributed by atoms with Crippen molar-refractivity contribution in [3.05, 3.63) is 0 Å². The number of carboxylic acid groups (broad SMARTS) is 1. The van der Waals surface area contributed by atoms with E-state index in [1.54, 1.807) is 0 Å². The zero-order valence-corrected chi connectivity index (χ0v) is 15.8. The fourth-order valence-corrected chi connectivity index (χ4v) is 1.64. The Morgan fingerprint density at radius 3 is 1.52 bits per heavy atom. The van der Waals surface area contributed by atoms with Gasteiger partial charge in [-0.15, -0.1) is 0 Å². The first-order chi connectivity index (χ1) is 9.58. The number of hydrogen-bond donors (Lipinski definition) is 4. The molecule has 0 saturated heterocycles. The second-order valence-corrected chi connectivity index (χ2v) is 4.99. The van der Waals surface area contributed by atoms with Crippen LogP contribution in [0.25, 0.3) is 0 Å². The molecule has 1 radical (unpaired) electrons. The molecule has 21 heavy (non-hydrogen) atoms. The van der Waals surface area contributed by atoms with Gasteiger partial charge in [0.25, 0.3) is 0 Å². The summed E-state index contributed by atoms with van der Waals surface area (Å²) >= 11 is 0. The molecule has 0 heterocycles. The van der Waals surface area contributed by atoms with Gasteiger partial charge in [0, 0.05) is 36.0 Å². The molecule has 0 saturated carbocycles. The standard InChI is InChI=1S/C12H24O2.C3H8O3.Na/c1-2-3-4-5-6-7-8-9-10-11-12(13)14;4-1-3(6)2-5;/h2-11H2,1H3,(H,13,14);3-6H,1-2H2;. The minimum Gasteiger partial charge on any atom is -0.481 e. The topological polar surface area (TPSA) is 98.0 Å². The van der Waals surface area contributed by atoms with Crippen LogP contribution >= 0.6 is 0 Å². The van der Waals surface area contributed by atoms with Crippen molar-refractivity contribution in [3.63, 3.8) is 0 Å². The summed E-state index contributed by atoms with van der Waals surface area (Å²) in [5, 5.41) is 32.4. The molecule has 5 nitrogen and oxygen atoms in total. The molecular weight excluding hydrogens is 283 g/mol. The van der Waals surface area contributed by atoms with Crippen LogP contribution in [0.4, 0.5) is 0 Å². The maximum Gasteiger partial charge on any atom is 0.303 e. The molecule has 123 valence electrons. The number of aliphatic hydroxyl groups is 3. The van der Waals surface area contributed by atoms with E-state index in [1.165, 1.54) is 44.9 Å². The summed E-state index contributed by atoms with van der Waals surface area (Å²) in [6.45, 7) is 1.50. The number of unbranched alkanes of at least 4 members (excludes halogenated alkanes) is 8. The Labute approximate surface area is 151 Å². The molecule has 0 unspecified atom stereocenters. The summed E-state index contributed by atoms with van der Waals surface area (Å²) < 4.78 is 0. The van der Waals surface area contributed by atoms with Crippen molar-refractivity contribution in [3.8, 4) is 0 Å². The second-order valence-electron chi connectivity index (χ2n) is 4.99. The molecule has 0 aromatic carbocycles. The first-order valence-corrected chi connectivity index (χ1v) is 7.70. The Morgan fingerprint density at radius 2 is 1.24 bits per heavy atom. The molecule has 0 bridgehead atoms. The van der Waals surface area contributed by atoms with Crippen molar-refractivity contribution in [2.45, 2.75) is 77.2 Å². The van der Waals surface area contributed by atoms with Crippen molar-refractivity contribution >= 4 is 35.5 Å². The van der Waals surface area contributed by atoms with E-state index in [9.17, 15) is 4.79 Å². The summed E-state index contributed by atoms with van der Waals surface area (Å²) in [7, 11) is 0. The van der Waals surface area contributed by atoms with Gasteiger partial charge in [0.1, 0.15) is 6.10 Å². The van der Waals surface area contributed by atoms with Crippen LogP contribution in [0.1, 0.15) is 71.1 Å². The van der Waals surface area contributed by atoms with Crippen LogP contribution in [0.3, 0.4) is 0 Å². The van der Waals surface area contributed by atoms with Crippen LogP contribution in [0.5, 0.6) is 0 Å². The molecule has 0 rings (SSSR count). The second kappa shape index (κ2) is 22.6. The Kier molecular flexibility index (Phi) is 28.3. The van der Waals surface area contributed by atoms with Crippen molar-refractivity contribution < 1.29 is 25.2 Å². The first-order valence-electron chi connectivity index (χ1n) is 7.70. The number of rotatable bonds is 12. The predicted molar refractivity (Wildman–Crippen MR) is 85.4 cm³/mol. The molecule has 0 aromatic heterocycles. The number of carboxylic acids is 1. The van der Waals surface area contributed by atoms with Crippen molar-refractivity contribution in [2.24, 2.45) is 0 Å². The molecule has 6 heteroatoms. The van der Waals surface area contributed by atoms with Gasteiger partial charge in [-0.2, -0.15) is 0 Å². The Balaban J connectivity index is -0.000000394. The number of aliphatic carboxylic acids is 1. The molecule has 0 amide bonds. The van der Waals surface area contributed by atoms with Crippen LogP contribution in [-0.2, 0) is 4.79 Å². The molecule has 0 aliphatic rings. The Hall–Kier alpha value is 0.350. The van der Waals surface area contributed by atoms with Crippen molar-refractivity contribution in [1.82, 2.24) is 0 Å². The first kappa shape index (κ1) is 26.3. The zero-order valence-electron chi connectivity index (χ0n) is 13.8. The molecule has 4 N–H and O–H groups in total. The average Bonchev–Trinajstić information content (AvgIpc) is 2.45. The fourth-order valence-electron chi connectivity index (χ4n) is 1.64. The summed E-state index contributed by atoms with van der Waals surface area (Å²) in [6, 6.07) is 0. The zero-order chi connectivity index (χ0) is 15.6. The molecule has 0 spiro atoms. The van der Waals surface area contributed by atoms with E-state index in [2.05, 4.69) is 6.92 Å². The third-order valence-corrected chi connectivity index (χ3v) is 2.92. The Bertz CT molecular complexity index is 199. The monoisotopic (exact) mass is 315 g/mol. The van der Waals surface area contributed by atoms with Crippen LogP contribution in [-0.4, -0.2) is 75.3 Å². The average molecular weight is 315 g/mol. The molecule has 0 fully saturated rings. The van der Waals surface area contributed by atoms with Crippen molar-refractivity contribution in [2.75, 3.05) is 13.2 Å². The van der Waals surface area contributed by atoms with Gasteiger partial charge in [-0.3, -0.25) is 4.79 Å². The van der Waals surface area contributed by atoms with Crippen LogP contribution in [0.15, 0.2) is 0 Å². The van der Waals surface area contributed by atoms with E-state index in [-0.39, 0.29) is 42.8 Å². The van der Waals surface area contributed by atoms with Gasteiger partial charge < -0.3 is 20.4 Å².